The van der Waals surface area contributed by atoms with Crippen molar-refractivity contribution < 1.29 is 19.4 Å². The number of carbonyl (C=O) groups is 2. The molecule has 0 aromatic heterocycles. The van der Waals surface area contributed by atoms with Gasteiger partial charge < -0.3 is 15.2 Å². The van der Waals surface area contributed by atoms with Crippen LogP contribution in [0.1, 0.15) is 35.7 Å². The molecule has 0 fully saturated rings. The zero-order valence-electron chi connectivity index (χ0n) is 11.5. The molecule has 0 saturated carbocycles. The number of hydrogen-bond donors (Lipinski definition) is 2. The maximum absolute atomic E-state index is 12.1. The van der Waals surface area contributed by atoms with Crippen molar-refractivity contribution in [3.63, 3.8) is 0 Å². The Balaban J connectivity index is 1.93. The predicted molar refractivity (Wildman–Crippen MR) is 74.0 cm³/mol. The number of fused-ring (bicyclic) bond motifs is 1. The predicted octanol–water partition coefficient (Wildman–Crippen LogP) is 1.85. The van der Waals surface area contributed by atoms with Gasteiger partial charge in [0.05, 0.1) is 6.61 Å². The molecular weight excluding hydrogens is 258 g/mol. The summed E-state index contributed by atoms with van der Waals surface area (Å²) in [5.74, 6) is -0.183. The van der Waals surface area contributed by atoms with Crippen molar-refractivity contribution in [3.05, 3.63) is 29.3 Å². The van der Waals surface area contributed by atoms with Gasteiger partial charge in [-0.15, -0.1) is 0 Å². The molecule has 1 unspecified atom stereocenters. The number of aliphatic carboxylic acids is 1. The third-order valence-corrected chi connectivity index (χ3v) is 3.54. The zero-order chi connectivity index (χ0) is 14.5. The first-order chi connectivity index (χ1) is 9.60. The first-order valence-electron chi connectivity index (χ1n) is 6.86. The minimum atomic E-state index is -0.833. The molecule has 2 rings (SSSR count). The van der Waals surface area contributed by atoms with E-state index >= 15 is 0 Å². The van der Waals surface area contributed by atoms with Crippen molar-refractivity contribution in [2.45, 2.75) is 26.2 Å². The second-order valence-corrected chi connectivity index (χ2v) is 5.00. The minimum Gasteiger partial charge on any atom is -0.493 e. The molecule has 2 N–H and O–H groups in total. The fraction of sp³-hybridized carbons (Fsp3) is 0.467. The Morgan fingerprint density at radius 3 is 2.95 bits per heavy atom. The summed E-state index contributed by atoms with van der Waals surface area (Å²) in [6.07, 6.45) is 1.63. The lowest BCUT2D eigenvalue weighted by Gasteiger charge is -2.13. The smallest absolute Gasteiger partial charge is 0.303 e. The van der Waals surface area contributed by atoms with E-state index < -0.39 is 5.97 Å². The molecule has 5 heteroatoms. The molecule has 1 aliphatic heterocycles. The first kappa shape index (κ1) is 14.4. The molecule has 0 saturated heterocycles. The van der Waals surface area contributed by atoms with Gasteiger partial charge in [-0.2, -0.15) is 0 Å². The van der Waals surface area contributed by atoms with E-state index in [-0.39, 0.29) is 18.2 Å². The van der Waals surface area contributed by atoms with Gasteiger partial charge in [0.15, 0.2) is 0 Å². The summed E-state index contributed by atoms with van der Waals surface area (Å²) in [6, 6.07) is 5.39. The van der Waals surface area contributed by atoms with Gasteiger partial charge in [0.2, 0.25) is 0 Å². The highest BCUT2D eigenvalue weighted by Crippen LogP contribution is 2.25. The van der Waals surface area contributed by atoms with Crippen LogP contribution in [-0.4, -0.2) is 30.1 Å². The van der Waals surface area contributed by atoms with Crippen molar-refractivity contribution in [3.8, 4) is 5.75 Å². The van der Waals surface area contributed by atoms with Gasteiger partial charge in [0, 0.05) is 24.9 Å². The van der Waals surface area contributed by atoms with Crippen LogP contribution in [-0.2, 0) is 11.2 Å². The van der Waals surface area contributed by atoms with E-state index in [4.69, 9.17) is 9.84 Å². The summed E-state index contributed by atoms with van der Waals surface area (Å²) in [7, 11) is 0. The van der Waals surface area contributed by atoms with Gasteiger partial charge in [-0.3, -0.25) is 9.59 Å². The molecule has 1 atom stereocenters. The van der Waals surface area contributed by atoms with Gasteiger partial charge in [-0.05, 0) is 29.7 Å². The van der Waals surface area contributed by atoms with E-state index in [9.17, 15) is 9.59 Å². The van der Waals surface area contributed by atoms with Crippen molar-refractivity contribution in [1.82, 2.24) is 5.32 Å². The topological polar surface area (TPSA) is 75.6 Å². The van der Waals surface area contributed by atoms with E-state index in [0.717, 1.165) is 24.2 Å². The molecule has 5 nitrogen and oxygen atoms in total. The Morgan fingerprint density at radius 2 is 2.25 bits per heavy atom. The third-order valence-electron chi connectivity index (χ3n) is 3.54. The van der Waals surface area contributed by atoms with E-state index in [0.29, 0.717) is 18.7 Å². The molecule has 1 aliphatic rings. The minimum absolute atomic E-state index is 0.0331. The maximum atomic E-state index is 12.1. The first-order valence-corrected chi connectivity index (χ1v) is 6.86. The number of carbonyl (C=O) groups excluding carboxylic acids is 1. The number of ether oxygens (including phenoxy) is 1. The molecule has 1 amide bonds. The van der Waals surface area contributed by atoms with Crippen LogP contribution in [0.5, 0.6) is 5.75 Å². The zero-order valence-corrected chi connectivity index (χ0v) is 11.5. The van der Waals surface area contributed by atoms with Crippen molar-refractivity contribution in [2.75, 3.05) is 13.2 Å². The molecule has 0 bridgehead atoms. The fourth-order valence-electron chi connectivity index (χ4n) is 2.27. The largest absolute Gasteiger partial charge is 0.493 e. The van der Waals surface area contributed by atoms with Crippen LogP contribution in [0.15, 0.2) is 18.2 Å². The summed E-state index contributed by atoms with van der Waals surface area (Å²) in [5.41, 5.74) is 1.65. The lowest BCUT2D eigenvalue weighted by molar-refractivity contribution is -0.138. The van der Waals surface area contributed by atoms with Crippen LogP contribution in [0, 0.1) is 5.92 Å². The fourth-order valence-corrected chi connectivity index (χ4v) is 2.27. The summed E-state index contributed by atoms with van der Waals surface area (Å²) in [6.45, 7) is 2.97. The summed E-state index contributed by atoms with van der Waals surface area (Å²) in [4.78, 5) is 22.7. The molecule has 1 aromatic rings. The highest BCUT2D eigenvalue weighted by molar-refractivity contribution is 5.94. The summed E-state index contributed by atoms with van der Waals surface area (Å²) in [5, 5.41) is 11.6. The quantitative estimate of drug-likeness (QED) is 0.832. The number of hydrogen-bond acceptors (Lipinski definition) is 3. The second-order valence-electron chi connectivity index (χ2n) is 5.00. The number of nitrogens with one attached hydrogen (secondary N) is 1. The van der Waals surface area contributed by atoms with Crippen molar-refractivity contribution in [2.24, 2.45) is 5.92 Å². The standard InChI is InChI=1S/C15H19NO4/c1-2-10(7-14(17)18)9-16-15(19)12-3-4-13-11(8-12)5-6-20-13/h3-4,8,10H,2,5-7,9H2,1H3,(H,16,19)(H,17,18). The summed E-state index contributed by atoms with van der Waals surface area (Å²) < 4.78 is 5.40. The highest BCUT2D eigenvalue weighted by atomic mass is 16.5. The normalized spacial score (nSPS) is 14.2. The monoisotopic (exact) mass is 277 g/mol. The molecule has 0 aliphatic carbocycles. The summed E-state index contributed by atoms with van der Waals surface area (Å²) >= 11 is 0. The molecule has 20 heavy (non-hydrogen) atoms. The van der Waals surface area contributed by atoms with E-state index in [1.807, 2.05) is 19.1 Å². The van der Waals surface area contributed by atoms with Gasteiger partial charge in [-0.1, -0.05) is 13.3 Å². The number of amides is 1. The van der Waals surface area contributed by atoms with Crippen LogP contribution < -0.4 is 10.1 Å². The van der Waals surface area contributed by atoms with Gasteiger partial charge >= 0.3 is 5.97 Å². The third kappa shape index (κ3) is 3.50. The Morgan fingerprint density at radius 1 is 1.45 bits per heavy atom. The van der Waals surface area contributed by atoms with Crippen LogP contribution in [0.25, 0.3) is 0 Å². The van der Waals surface area contributed by atoms with Crippen LogP contribution in [0.3, 0.4) is 0 Å². The second kappa shape index (κ2) is 6.41. The Kier molecular flexibility index (Phi) is 4.61. The number of benzene rings is 1. The SMILES string of the molecule is CCC(CNC(=O)c1ccc2c(c1)CCO2)CC(=O)O. The molecule has 0 radical (unpaired) electrons. The highest BCUT2D eigenvalue weighted by Gasteiger charge is 2.16. The Bertz CT molecular complexity index is 513. The van der Waals surface area contributed by atoms with E-state index in [2.05, 4.69) is 5.32 Å². The Hall–Kier alpha value is -2.04. The molecule has 1 heterocycles. The number of rotatable bonds is 6. The van der Waals surface area contributed by atoms with Crippen molar-refractivity contribution in [1.29, 1.82) is 0 Å². The molecule has 1 aromatic carbocycles. The average molecular weight is 277 g/mol. The number of carboxylic acid groups (broad SMARTS) is 1. The van der Waals surface area contributed by atoms with Crippen LogP contribution in [0.4, 0.5) is 0 Å². The lowest BCUT2D eigenvalue weighted by atomic mass is 10.0. The van der Waals surface area contributed by atoms with Gasteiger partial charge in [0.1, 0.15) is 5.75 Å². The van der Waals surface area contributed by atoms with Crippen LogP contribution in [0.2, 0.25) is 0 Å². The van der Waals surface area contributed by atoms with E-state index in [1.165, 1.54) is 0 Å². The number of carboxylic acids is 1. The Labute approximate surface area is 117 Å². The van der Waals surface area contributed by atoms with Gasteiger partial charge in [0.25, 0.3) is 5.91 Å². The van der Waals surface area contributed by atoms with Crippen molar-refractivity contribution >= 4 is 11.9 Å². The molecule has 0 spiro atoms. The molecule has 108 valence electrons. The molecular formula is C15H19NO4. The lowest BCUT2D eigenvalue weighted by Crippen LogP contribution is -2.30. The van der Waals surface area contributed by atoms with Gasteiger partial charge in [-0.25, -0.2) is 0 Å². The average Bonchev–Trinajstić information content (AvgIpc) is 2.89. The van der Waals surface area contributed by atoms with E-state index in [1.54, 1.807) is 6.07 Å². The maximum Gasteiger partial charge on any atom is 0.303 e. The van der Waals surface area contributed by atoms with Crippen LogP contribution >= 0.6 is 0 Å².